The van der Waals surface area contributed by atoms with Crippen LogP contribution in [0.1, 0.15) is 34.4 Å². The van der Waals surface area contributed by atoms with Crippen LogP contribution in [0.15, 0.2) is 66.0 Å². The molecule has 2 N–H and O–H groups in total. The number of amides is 2. The number of thiophene rings is 1. The zero-order valence-electron chi connectivity index (χ0n) is 17.6. The number of alkyl carbamates (subject to hydrolysis) is 1. The number of carboxylic acid groups (broad SMARTS) is 1. The van der Waals surface area contributed by atoms with Crippen molar-refractivity contribution in [2.45, 2.75) is 24.4 Å². The summed E-state index contributed by atoms with van der Waals surface area (Å²) in [6.07, 6.45) is -0.306. The first-order chi connectivity index (χ1) is 16.0. The van der Waals surface area contributed by atoms with Crippen molar-refractivity contribution in [3.05, 3.63) is 82.0 Å². The second kappa shape index (κ2) is 8.71. The summed E-state index contributed by atoms with van der Waals surface area (Å²) in [4.78, 5) is 39.1. The van der Waals surface area contributed by atoms with Gasteiger partial charge in [-0.3, -0.25) is 4.79 Å². The Hall–Kier alpha value is -3.65. The van der Waals surface area contributed by atoms with Gasteiger partial charge in [-0.05, 0) is 40.1 Å². The summed E-state index contributed by atoms with van der Waals surface area (Å²) in [5, 5.41) is 13.8. The molecule has 0 spiro atoms. The minimum Gasteiger partial charge on any atom is -0.480 e. The third-order valence-electron chi connectivity index (χ3n) is 6.27. The highest BCUT2D eigenvalue weighted by atomic mass is 32.1. The lowest BCUT2D eigenvalue weighted by molar-refractivity contribution is -0.158. The third kappa shape index (κ3) is 3.87. The molecule has 2 aromatic carbocycles. The van der Waals surface area contributed by atoms with E-state index in [1.54, 1.807) is 17.5 Å². The number of hydrogen-bond donors (Lipinski definition) is 2. The topological polar surface area (TPSA) is 95.9 Å². The number of carboxylic acids is 1. The molecule has 0 bridgehead atoms. The van der Waals surface area contributed by atoms with Gasteiger partial charge in [-0.15, -0.1) is 11.3 Å². The largest absolute Gasteiger partial charge is 0.480 e. The molecule has 2 heterocycles. The van der Waals surface area contributed by atoms with E-state index in [4.69, 9.17) is 4.74 Å². The highest BCUT2D eigenvalue weighted by Crippen LogP contribution is 2.44. The number of likely N-dealkylation sites (tertiary alicyclic amines) is 1. The number of carbonyl (C=O) groups excluding carboxylic acids is 2. The Kier molecular flexibility index (Phi) is 5.60. The van der Waals surface area contributed by atoms with Crippen LogP contribution < -0.4 is 5.32 Å². The van der Waals surface area contributed by atoms with Crippen molar-refractivity contribution >= 4 is 29.3 Å². The van der Waals surface area contributed by atoms with Crippen molar-refractivity contribution in [1.82, 2.24) is 10.2 Å². The molecule has 33 heavy (non-hydrogen) atoms. The molecule has 0 saturated carbocycles. The number of carbonyl (C=O) groups is 3. The fourth-order valence-electron chi connectivity index (χ4n) is 4.54. The van der Waals surface area contributed by atoms with Crippen LogP contribution in [-0.2, 0) is 14.3 Å². The van der Waals surface area contributed by atoms with Gasteiger partial charge < -0.3 is 20.1 Å². The van der Waals surface area contributed by atoms with Gasteiger partial charge in [0.25, 0.3) is 5.91 Å². The van der Waals surface area contributed by atoms with E-state index in [0.29, 0.717) is 17.8 Å². The first-order valence-electron chi connectivity index (χ1n) is 10.7. The lowest BCUT2D eigenvalue weighted by Crippen LogP contribution is -2.58. The number of nitrogens with zero attached hydrogens (tertiary/aromatic N) is 1. The van der Waals surface area contributed by atoms with Gasteiger partial charge in [-0.2, -0.15) is 0 Å². The van der Waals surface area contributed by atoms with Crippen molar-refractivity contribution in [2.24, 2.45) is 0 Å². The van der Waals surface area contributed by atoms with Gasteiger partial charge in [-0.1, -0.05) is 54.6 Å². The maximum atomic E-state index is 13.1. The van der Waals surface area contributed by atoms with Gasteiger partial charge in [0.15, 0.2) is 0 Å². The quantitative estimate of drug-likeness (QED) is 0.577. The van der Waals surface area contributed by atoms with Crippen molar-refractivity contribution in [3.63, 3.8) is 0 Å². The Morgan fingerprint density at radius 2 is 1.70 bits per heavy atom. The number of hydrogen-bond acceptors (Lipinski definition) is 5. The van der Waals surface area contributed by atoms with Crippen LogP contribution in [0.3, 0.4) is 0 Å². The highest BCUT2D eigenvalue weighted by Gasteiger charge is 2.41. The van der Waals surface area contributed by atoms with E-state index in [-0.39, 0.29) is 12.5 Å². The van der Waals surface area contributed by atoms with E-state index in [1.807, 2.05) is 36.4 Å². The van der Waals surface area contributed by atoms with Gasteiger partial charge >= 0.3 is 12.1 Å². The van der Waals surface area contributed by atoms with Gasteiger partial charge in [0, 0.05) is 17.3 Å². The maximum Gasteiger partial charge on any atom is 0.408 e. The van der Waals surface area contributed by atoms with Crippen LogP contribution in [0, 0.1) is 0 Å². The van der Waals surface area contributed by atoms with Crippen LogP contribution in [0.25, 0.3) is 11.1 Å². The summed E-state index contributed by atoms with van der Waals surface area (Å²) < 4.78 is 5.59. The van der Waals surface area contributed by atoms with Crippen molar-refractivity contribution in [2.75, 3.05) is 13.2 Å². The molecule has 1 aromatic heterocycles. The van der Waals surface area contributed by atoms with E-state index in [9.17, 15) is 19.5 Å². The molecule has 5 rings (SSSR count). The standard InChI is InChI=1S/C25H22N2O5S/c28-23(27-12-11-20(27)24(29)30)22(21-10-5-13-33-21)26-25(31)32-14-19-17-8-3-1-6-15(17)16-7-2-4-9-18(16)19/h1-10,13,19-20,22H,11-12,14H2,(H,26,31)(H,29,30). The van der Waals surface area contributed by atoms with E-state index >= 15 is 0 Å². The third-order valence-corrected chi connectivity index (χ3v) is 7.21. The molecule has 1 aliphatic carbocycles. The van der Waals surface area contributed by atoms with Crippen LogP contribution >= 0.6 is 11.3 Å². The molecule has 1 aliphatic heterocycles. The van der Waals surface area contributed by atoms with Crippen LogP contribution in [0.5, 0.6) is 0 Å². The number of ether oxygens (including phenoxy) is 1. The van der Waals surface area contributed by atoms with Crippen molar-refractivity contribution < 1.29 is 24.2 Å². The average Bonchev–Trinajstić information content (AvgIpc) is 3.41. The van der Waals surface area contributed by atoms with E-state index < -0.39 is 30.1 Å². The lowest BCUT2D eigenvalue weighted by atomic mass is 9.98. The molecular formula is C25H22N2O5S. The minimum absolute atomic E-state index is 0.0918. The van der Waals surface area contributed by atoms with Gasteiger partial charge in [-0.25, -0.2) is 9.59 Å². The summed E-state index contributed by atoms with van der Waals surface area (Å²) in [5.74, 6) is -1.57. The molecule has 2 amide bonds. The Labute approximate surface area is 194 Å². The second-order valence-corrected chi connectivity index (χ2v) is 9.07. The fraction of sp³-hybridized carbons (Fsp3) is 0.240. The number of benzene rings is 2. The van der Waals surface area contributed by atoms with E-state index in [2.05, 4.69) is 17.4 Å². The normalized spacial score (nSPS) is 17.5. The van der Waals surface area contributed by atoms with Gasteiger partial charge in [0.2, 0.25) is 0 Å². The van der Waals surface area contributed by atoms with Crippen LogP contribution in [-0.4, -0.2) is 47.2 Å². The summed E-state index contributed by atoms with van der Waals surface area (Å²) >= 11 is 1.32. The molecule has 1 fully saturated rings. The molecule has 2 atom stereocenters. The number of rotatable bonds is 6. The molecule has 2 aliphatic rings. The van der Waals surface area contributed by atoms with Crippen LogP contribution in [0.4, 0.5) is 4.79 Å². The zero-order chi connectivity index (χ0) is 22.9. The van der Waals surface area contributed by atoms with Crippen LogP contribution in [0.2, 0.25) is 0 Å². The Balaban J connectivity index is 1.30. The second-order valence-electron chi connectivity index (χ2n) is 8.09. The lowest BCUT2D eigenvalue weighted by Gasteiger charge is -2.39. The summed E-state index contributed by atoms with van der Waals surface area (Å²) in [5.41, 5.74) is 4.46. The Morgan fingerprint density at radius 3 is 2.24 bits per heavy atom. The monoisotopic (exact) mass is 462 g/mol. The summed E-state index contributed by atoms with van der Waals surface area (Å²) in [6, 6.07) is 17.8. The molecule has 3 aromatic rings. The van der Waals surface area contributed by atoms with Gasteiger partial charge in [0.05, 0.1) is 0 Å². The molecule has 0 radical (unpaired) electrons. The first kappa shape index (κ1) is 21.2. The predicted molar refractivity (Wildman–Crippen MR) is 123 cm³/mol. The smallest absolute Gasteiger partial charge is 0.408 e. The number of nitrogens with one attached hydrogen (secondary N) is 1. The van der Waals surface area contributed by atoms with Gasteiger partial charge in [0.1, 0.15) is 18.7 Å². The first-order valence-corrected chi connectivity index (χ1v) is 11.6. The number of fused-ring (bicyclic) bond motifs is 3. The van der Waals surface area contributed by atoms with Crippen molar-refractivity contribution in [1.29, 1.82) is 0 Å². The summed E-state index contributed by atoms with van der Waals surface area (Å²) in [7, 11) is 0. The minimum atomic E-state index is -1.04. The fourth-order valence-corrected chi connectivity index (χ4v) is 5.31. The Morgan fingerprint density at radius 1 is 1.03 bits per heavy atom. The number of aliphatic carboxylic acids is 1. The maximum absolute atomic E-state index is 13.1. The predicted octanol–water partition coefficient (Wildman–Crippen LogP) is 4.01. The SMILES string of the molecule is O=C(NC(C(=O)N1CCC1C(=O)O)c1cccs1)OCC1c2ccccc2-c2ccccc21. The van der Waals surface area contributed by atoms with Crippen molar-refractivity contribution in [3.8, 4) is 11.1 Å². The van der Waals surface area contributed by atoms with E-state index in [1.165, 1.54) is 16.2 Å². The highest BCUT2D eigenvalue weighted by molar-refractivity contribution is 7.10. The molecule has 168 valence electrons. The molecule has 8 heteroatoms. The molecule has 1 saturated heterocycles. The molecular weight excluding hydrogens is 440 g/mol. The average molecular weight is 463 g/mol. The molecule has 7 nitrogen and oxygen atoms in total. The summed E-state index contributed by atoms with van der Waals surface area (Å²) in [6.45, 7) is 0.483. The van der Waals surface area contributed by atoms with E-state index in [0.717, 1.165) is 22.3 Å². The molecule has 2 unspecified atom stereocenters. The Bertz CT molecular complexity index is 1160. The zero-order valence-corrected chi connectivity index (χ0v) is 18.5.